The van der Waals surface area contributed by atoms with Crippen molar-refractivity contribution in [3.05, 3.63) is 45.1 Å². The molecule has 0 amide bonds. The summed E-state index contributed by atoms with van der Waals surface area (Å²) in [6.07, 6.45) is 1.72. The Morgan fingerprint density at radius 3 is 2.78 bits per heavy atom. The number of H-pyrrole nitrogens is 1. The van der Waals surface area contributed by atoms with Crippen LogP contribution in [0, 0.1) is 0 Å². The van der Waals surface area contributed by atoms with Crippen LogP contribution in [-0.4, -0.2) is 23.3 Å². The topological polar surface area (TPSA) is 64.1 Å². The average molecular weight is 248 g/mol. The Morgan fingerprint density at radius 1 is 1.22 bits per heavy atom. The Morgan fingerprint density at radius 2 is 2.00 bits per heavy atom. The predicted molar refractivity (Wildman–Crippen MR) is 69.9 cm³/mol. The lowest BCUT2D eigenvalue weighted by atomic mass is 10.2. The molecule has 0 radical (unpaired) electrons. The fourth-order valence-corrected chi connectivity index (χ4v) is 1.98. The smallest absolute Gasteiger partial charge is 0.328 e. The van der Waals surface area contributed by atoms with Crippen LogP contribution in [-0.2, 0) is 11.3 Å². The highest BCUT2D eigenvalue weighted by atomic mass is 16.5. The molecule has 0 saturated carbocycles. The number of aromatic amines is 1. The molecule has 2 rings (SSSR count). The lowest BCUT2D eigenvalue weighted by Gasteiger charge is -2.08. The van der Waals surface area contributed by atoms with Gasteiger partial charge in [0.2, 0.25) is 0 Å². The monoisotopic (exact) mass is 248 g/mol. The molecule has 5 nitrogen and oxygen atoms in total. The van der Waals surface area contributed by atoms with E-state index in [1.165, 1.54) is 0 Å². The van der Waals surface area contributed by atoms with E-state index in [2.05, 4.69) is 4.98 Å². The minimum atomic E-state index is -0.351. The molecule has 0 fully saturated rings. The third kappa shape index (κ3) is 2.51. The van der Waals surface area contributed by atoms with E-state index >= 15 is 0 Å². The Hall–Kier alpha value is -1.88. The van der Waals surface area contributed by atoms with Gasteiger partial charge < -0.3 is 4.74 Å². The molecule has 0 atom stereocenters. The fourth-order valence-electron chi connectivity index (χ4n) is 1.98. The first kappa shape index (κ1) is 12.6. The molecule has 2 aromatic rings. The van der Waals surface area contributed by atoms with E-state index in [4.69, 9.17) is 4.74 Å². The van der Waals surface area contributed by atoms with Crippen molar-refractivity contribution in [1.82, 2.24) is 9.55 Å². The van der Waals surface area contributed by atoms with Gasteiger partial charge in [-0.2, -0.15) is 0 Å². The van der Waals surface area contributed by atoms with E-state index < -0.39 is 0 Å². The summed E-state index contributed by atoms with van der Waals surface area (Å²) in [5.41, 5.74) is 0.00326. The third-order valence-corrected chi connectivity index (χ3v) is 2.89. The van der Waals surface area contributed by atoms with Crippen LogP contribution in [0.3, 0.4) is 0 Å². The van der Waals surface area contributed by atoms with Crippen LogP contribution < -0.4 is 11.2 Å². The van der Waals surface area contributed by atoms with Crippen molar-refractivity contribution in [2.45, 2.75) is 19.4 Å². The van der Waals surface area contributed by atoms with Gasteiger partial charge in [0.15, 0.2) is 0 Å². The van der Waals surface area contributed by atoms with Gasteiger partial charge in [-0.1, -0.05) is 12.1 Å². The van der Waals surface area contributed by atoms with Crippen molar-refractivity contribution in [2.24, 2.45) is 0 Å². The second-order valence-corrected chi connectivity index (χ2v) is 4.13. The first-order valence-electron chi connectivity index (χ1n) is 5.95. The number of unbranched alkanes of at least 4 members (excludes halogenated alkanes) is 1. The summed E-state index contributed by atoms with van der Waals surface area (Å²) in [5, 5.41) is 0.545. The summed E-state index contributed by atoms with van der Waals surface area (Å²) < 4.78 is 6.57. The van der Waals surface area contributed by atoms with Crippen LogP contribution >= 0.6 is 0 Å². The Kier molecular flexibility index (Phi) is 3.94. The number of nitrogens with zero attached hydrogens (tertiary/aromatic N) is 1. The van der Waals surface area contributed by atoms with Crippen LogP contribution in [0.15, 0.2) is 33.9 Å². The van der Waals surface area contributed by atoms with Gasteiger partial charge >= 0.3 is 5.69 Å². The molecule has 0 bridgehead atoms. The van der Waals surface area contributed by atoms with Gasteiger partial charge in [0.05, 0.1) is 10.9 Å². The lowest BCUT2D eigenvalue weighted by molar-refractivity contribution is 0.191. The molecule has 0 saturated heterocycles. The maximum Gasteiger partial charge on any atom is 0.328 e. The van der Waals surface area contributed by atoms with Crippen LogP contribution in [0.25, 0.3) is 10.9 Å². The van der Waals surface area contributed by atoms with Crippen LogP contribution in [0.4, 0.5) is 0 Å². The number of aromatic nitrogens is 2. The molecular weight excluding hydrogens is 232 g/mol. The number of aryl methyl sites for hydroxylation is 1. The number of ether oxygens (including phenoxy) is 1. The SMILES string of the molecule is COCCCCn1c(=O)[nH]c(=O)c2ccccc21. The Labute approximate surface area is 104 Å². The van der Waals surface area contributed by atoms with Gasteiger partial charge in [0.25, 0.3) is 5.56 Å². The number of benzene rings is 1. The summed E-state index contributed by atoms with van der Waals surface area (Å²) in [5.74, 6) is 0. The molecule has 0 aliphatic rings. The summed E-state index contributed by atoms with van der Waals surface area (Å²) in [6.45, 7) is 1.26. The number of para-hydroxylation sites is 1. The molecule has 1 aromatic carbocycles. The van der Waals surface area contributed by atoms with Gasteiger partial charge in [-0.15, -0.1) is 0 Å². The second-order valence-electron chi connectivity index (χ2n) is 4.13. The number of rotatable bonds is 5. The zero-order valence-corrected chi connectivity index (χ0v) is 10.3. The molecular formula is C13H16N2O3. The Bertz CT molecular complexity index is 642. The first-order valence-corrected chi connectivity index (χ1v) is 5.95. The van der Waals surface area contributed by atoms with Crippen LogP contribution in [0.1, 0.15) is 12.8 Å². The zero-order valence-electron chi connectivity index (χ0n) is 10.3. The molecule has 1 aromatic heterocycles. The largest absolute Gasteiger partial charge is 0.385 e. The predicted octanol–water partition coefficient (Wildman–Crippen LogP) is 1.12. The molecule has 0 aliphatic heterocycles. The lowest BCUT2D eigenvalue weighted by Crippen LogP contribution is -2.30. The summed E-state index contributed by atoms with van der Waals surface area (Å²) in [6, 6.07) is 7.13. The van der Waals surface area contributed by atoms with E-state index in [0.717, 1.165) is 12.8 Å². The standard InChI is InChI=1S/C13H16N2O3/c1-18-9-5-4-8-15-11-7-3-2-6-10(11)12(16)14-13(15)17/h2-3,6-7H,4-5,8-9H2,1H3,(H,14,16,17). The molecule has 18 heavy (non-hydrogen) atoms. The second kappa shape index (κ2) is 5.64. The molecule has 1 heterocycles. The average Bonchev–Trinajstić information content (AvgIpc) is 2.38. The van der Waals surface area contributed by atoms with E-state index in [1.54, 1.807) is 29.9 Å². The highest BCUT2D eigenvalue weighted by Crippen LogP contribution is 2.07. The van der Waals surface area contributed by atoms with Gasteiger partial charge in [-0.05, 0) is 25.0 Å². The molecule has 5 heteroatoms. The van der Waals surface area contributed by atoms with Crippen molar-refractivity contribution < 1.29 is 4.74 Å². The molecule has 0 unspecified atom stereocenters. The van der Waals surface area contributed by atoms with Crippen molar-refractivity contribution in [3.63, 3.8) is 0 Å². The number of hydrogen-bond donors (Lipinski definition) is 1. The zero-order chi connectivity index (χ0) is 13.0. The maximum atomic E-state index is 11.8. The molecule has 0 spiro atoms. The first-order chi connectivity index (χ1) is 8.74. The van der Waals surface area contributed by atoms with E-state index in [0.29, 0.717) is 24.1 Å². The number of nitrogens with one attached hydrogen (secondary N) is 1. The van der Waals surface area contributed by atoms with E-state index in [9.17, 15) is 9.59 Å². The normalized spacial score (nSPS) is 10.9. The number of fused-ring (bicyclic) bond motifs is 1. The molecule has 0 aliphatic carbocycles. The minimum absolute atomic E-state index is 0.330. The maximum absolute atomic E-state index is 11.8. The van der Waals surface area contributed by atoms with E-state index in [-0.39, 0.29) is 11.2 Å². The van der Waals surface area contributed by atoms with Crippen molar-refractivity contribution in [2.75, 3.05) is 13.7 Å². The Balaban J connectivity index is 2.37. The van der Waals surface area contributed by atoms with Gasteiger partial charge in [0, 0.05) is 20.3 Å². The summed E-state index contributed by atoms with van der Waals surface area (Å²) in [4.78, 5) is 25.8. The highest BCUT2D eigenvalue weighted by molar-refractivity contribution is 5.77. The summed E-state index contributed by atoms with van der Waals surface area (Å²) >= 11 is 0. The van der Waals surface area contributed by atoms with Crippen molar-refractivity contribution in [3.8, 4) is 0 Å². The van der Waals surface area contributed by atoms with E-state index in [1.807, 2.05) is 6.07 Å². The number of hydrogen-bond acceptors (Lipinski definition) is 3. The quantitative estimate of drug-likeness (QED) is 0.806. The molecule has 1 N–H and O–H groups in total. The van der Waals surface area contributed by atoms with Gasteiger partial charge in [-0.25, -0.2) is 4.79 Å². The van der Waals surface area contributed by atoms with Gasteiger partial charge in [-0.3, -0.25) is 14.3 Å². The fraction of sp³-hybridized carbons (Fsp3) is 0.385. The van der Waals surface area contributed by atoms with Crippen molar-refractivity contribution >= 4 is 10.9 Å². The van der Waals surface area contributed by atoms with Crippen molar-refractivity contribution in [1.29, 1.82) is 0 Å². The third-order valence-electron chi connectivity index (χ3n) is 2.89. The molecule has 96 valence electrons. The van der Waals surface area contributed by atoms with Crippen LogP contribution in [0.5, 0.6) is 0 Å². The minimum Gasteiger partial charge on any atom is -0.385 e. The number of methoxy groups -OCH3 is 1. The van der Waals surface area contributed by atoms with Crippen LogP contribution in [0.2, 0.25) is 0 Å². The highest BCUT2D eigenvalue weighted by Gasteiger charge is 2.05. The summed E-state index contributed by atoms with van der Waals surface area (Å²) in [7, 11) is 1.65. The van der Waals surface area contributed by atoms with Gasteiger partial charge in [0.1, 0.15) is 0 Å².